The molecular formula is C9H10N2O2. The van der Waals surface area contributed by atoms with Crippen LogP contribution < -0.4 is 0 Å². The molecule has 0 unspecified atom stereocenters. The summed E-state index contributed by atoms with van der Waals surface area (Å²) in [5.41, 5.74) is 0.616. The van der Waals surface area contributed by atoms with Crippen LogP contribution in [0.5, 0.6) is 0 Å². The van der Waals surface area contributed by atoms with Crippen LogP contribution in [0.25, 0.3) is 0 Å². The average Bonchev–Trinajstić information content (AvgIpc) is 2.49. The van der Waals surface area contributed by atoms with Crippen molar-refractivity contribution < 1.29 is 9.53 Å². The monoisotopic (exact) mass is 178 g/mol. The second-order valence-corrected chi connectivity index (χ2v) is 2.35. The van der Waals surface area contributed by atoms with E-state index >= 15 is 0 Å². The van der Waals surface area contributed by atoms with Gasteiger partial charge in [-0.05, 0) is 19.8 Å². The quantitative estimate of drug-likeness (QED) is 0.507. The fourth-order valence-electron chi connectivity index (χ4n) is 0.770. The number of hydrogen-bond acceptors (Lipinski definition) is 3. The highest BCUT2D eigenvalue weighted by Gasteiger charge is 1.94. The van der Waals surface area contributed by atoms with Crippen molar-refractivity contribution in [3.63, 3.8) is 0 Å². The van der Waals surface area contributed by atoms with Gasteiger partial charge in [-0.3, -0.25) is 0 Å². The van der Waals surface area contributed by atoms with Crippen molar-refractivity contribution in [3.05, 3.63) is 17.7 Å². The SMILES string of the molecule is CCOC(=O)C#Cc1cnc(C)[nH]1. The molecule has 0 aliphatic carbocycles. The van der Waals surface area contributed by atoms with Crippen molar-refractivity contribution in [2.45, 2.75) is 13.8 Å². The number of esters is 1. The fraction of sp³-hybridized carbons (Fsp3) is 0.333. The van der Waals surface area contributed by atoms with Crippen molar-refractivity contribution in [3.8, 4) is 11.8 Å². The van der Waals surface area contributed by atoms with Gasteiger partial charge in [-0.2, -0.15) is 0 Å². The zero-order valence-corrected chi connectivity index (χ0v) is 7.55. The van der Waals surface area contributed by atoms with Crippen LogP contribution in [-0.2, 0) is 9.53 Å². The molecule has 13 heavy (non-hydrogen) atoms. The van der Waals surface area contributed by atoms with Crippen LogP contribution in [0.3, 0.4) is 0 Å². The number of nitrogens with zero attached hydrogens (tertiary/aromatic N) is 1. The molecule has 0 fully saturated rings. The summed E-state index contributed by atoms with van der Waals surface area (Å²) in [6, 6.07) is 0. The number of imidazole rings is 1. The molecule has 0 atom stereocenters. The Morgan fingerprint density at radius 3 is 3.08 bits per heavy atom. The molecule has 0 amide bonds. The van der Waals surface area contributed by atoms with E-state index in [1.807, 2.05) is 6.92 Å². The van der Waals surface area contributed by atoms with Gasteiger partial charge in [0.1, 0.15) is 11.5 Å². The highest BCUT2D eigenvalue weighted by Crippen LogP contribution is 1.91. The highest BCUT2D eigenvalue weighted by molar-refractivity contribution is 5.88. The molecule has 68 valence electrons. The maximum atomic E-state index is 10.8. The standard InChI is InChI=1S/C9H10N2O2/c1-3-13-9(12)5-4-8-6-10-7(2)11-8/h6H,3H2,1-2H3,(H,10,11). The van der Waals surface area contributed by atoms with Crippen LogP contribution in [0.2, 0.25) is 0 Å². The van der Waals surface area contributed by atoms with Crippen LogP contribution >= 0.6 is 0 Å². The van der Waals surface area contributed by atoms with E-state index < -0.39 is 5.97 Å². The molecule has 0 radical (unpaired) electrons. The molecule has 0 aromatic carbocycles. The van der Waals surface area contributed by atoms with Gasteiger partial charge in [-0.15, -0.1) is 0 Å². The van der Waals surface area contributed by atoms with Crippen LogP contribution in [0, 0.1) is 18.8 Å². The van der Waals surface area contributed by atoms with Gasteiger partial charge in [0, 0.05) is 5.92 Å². The normalized spacial score (nSPS) is 8.77. The van der Waals surface area contributed by atoms with Crippen molar-refractivity contribution >= 4 is 5.97 Å². The Bertz CT molecular complexity index is 357. The summed E-state index contributed by atoms with van der Waals surface area (Å²) in [6.07, 6.45) is 1.57. The molecule has 1 heterocycles. The Morgan fingerprint density at radius 1 is 1.77 bits per heavy atom. The van der Waals surface area contributed by atoms with E-state index in [2.05, 4.69) is 26.5 Å². The molecule has 1 N–H and O–H groups in total. The molecule has 1 aromatic rings. The van der Waals surface area contributed by atoms with E-state index in [-0.39, 0.29) is 0 Å². The summed E-state index contributed by atoms with van der Waals surface area (Å²) in [7, 11) is 0. The molecule has 1 aromatic heterocycles. The Hall–Kier alpha value is -1.76. The van der Waals surface area contributed by atoms with Gasteiger partial charge in [0.05, 0.1) is 12.8 Å². The number of ether oxygens (including phenoxy) is 1. The van der Waals surface area contributed by atoms with Gasteiger partial charge in [0.25, 0.3) is 0 Å². The fourth-order valence-corrected chi connectivity index (χ4v) is 0.770. The zero-order valence-electron chi connectivity index (χ0n) is 7.55. The van der Waals surface area contributed by atoms with Crippen molar-refractivity contribution in [1.29, 1.82) is 0 Å². The number of aromatic nitrogens is 2. The van der Waals surface area contributed by atoms with E-state index in [1.54, 1.807) is 13.1 Å². The topological polar surface area (TPSA) is 55.0 Å². The maximum Gasteiger partial charge on any atom is 0.384 e. The van der Waals surface area contributed by atoms with Gasteiger partial charge >= 0.3 is 5.97 Å². The van der Waals surface area contributed by atoms with Crippen molar-refractivity contribution in [2.24, 2.45) is 0 Å². The van der Waals surface area contributed by atoms with Crippen molar-refractivity contribution in [2.75, 3.05) is 6.61 Å². The second kappa shape index (κ2) is 4.31. The number of nitrogens with one attached hydrogen (secondary N) is 1. The van der Waals surface area contributed by atoms with Crippen LogP contribution in [-0.4, -0.2) is 22.5 Å². The molecule has 0 aliphatic heterocycles. The number of carbonyl (C=O) groups excluding carboxylic acids is 1. The third-order valence-corrected chi connectivity index (χ3v) is 1.28. The zero-order chi connectivity index (χ0) is 9.68. The number of hydrogen-bond donors (Lipinski definition) is 1. The summed E-state index contributed by atoms with van der Waals surface area (Å²) < 4.78 is 4.62. The smallest absolute Gasteiger partial charge is 0.384 e. The molecule has 0 saturated heterocycles. The minimum Gasteiger partial charge on any atom is -0.456 e. The molecule has 0 aliphatic rings. The van der Waals surface area contributed by atoms with E-state index in [4.69, 9.17) is 0 Å². The Morgan fingerprint density at radius 2 is 2.54 bits per heavy atom. The first-order valence-corrected chi connectivity index (χ1v) is 3.92. The van der Waals surface area contributed by atoms with Gasteiger partial charge < -0.3 is 9.72 Å². The lowest BCUT2D eigenvalue weighted by atomic mass is 10.4. The van der Waals surface area contributed by atoms with E-state index in [0.29, 0.717) is 12.3 Å². The lowest BCUT2D eigenvalue weighted by molar-refractivity contribution is -0.136. The molecular weight excluding hydrogens is 168 g/mol. The van der Waals surface area contributed by atoms with Crippen molar-refractivity contribution in [1.82, 2.24) is 9.97 Å². The number of carbonyl (C=O) groups is 1. The molecule has 0 saturated carbocycles. The first-order chi connectivity index (χ1) is 6.22. The Labute approximate surface area is 76.3 Å². The number of H-pyrrole nitrogens is 1. The van der Waals surface area contributed by atoms with Crippen LogP contribution in [0.15, 0.2) is 6.20 Å². The first kappa shape index (κ1) is 9.33. The van der Waals surface area contributed by atoms with E-state index in [9.17, 15) is 4.79 Å². The molecule has 0 spiro atoms. The maximum absolute atomic E-state index is 10.8. The minimum absolute atomic E-state index is 0.343. The van der Waals surface area contributed by atoms with E-state index in [1.165, 1.54) is 0 Å². The third-order valence-electron chi connectivity index (χ3n) is 1.28. The molecule has 1 rings (SSSR count). The molecule has 4 heteroatoms. The van der Waals surface area contributed by atoms with Crippen LogP contribution in [0.1, 0.15) is 18.4 Å². The van der Waals surface area contributed by atoms with Gasteiger partial charge in [-0.25, -0.2) is 9.78 Å². The molecule has 4 nitrogen and oxygen atoms in total. The highest BCUT2D eigenvalue weighted by atomic mass is 16.5. The Kier molecular flexibility index (Phi) is 3.09. The number of aromatic amines is 1. The van der Waals surface area contributed by atoms with Gasteiger partial charge in [-0.1, -0.05) is 0 Å². The summed E-state index contributed by atoms with van der Waals surface area (Å²) in [5, 5.41) is 0. The number of aryl methyl sites for hydroxylation is 1. The largest absolute Gasteiger partial charge is 0.456 e. The lowest BCUT2D eigenvalue weighted by Crippen LogP contribution is -1.99. The predicted molar refractivity (Wildman–Crippen MR) is 46.8 cm³/mol. The summed E-state index contributed by atoms with van der Waals surface area (Å²) >= 11 is 0. The molecule has 0 bridgehead atoms. The first-order valence-electron chi connectivity index (χ1n) is 3.92. The summed E-state index contributed by atoms with van der Waals surface area (Å²) in [5.74, 6) is 5.19. The predicted octanol–water partition coefficient (Wildman–Crippen LogP) is 0.633. The van der Waals surface area contributed by atoms with E-state index in [0.717, 1.165) is 5.82 Å². The minimum atomic E-state index is -0.519. The van der Waals surface area contributed by atoms with Crippen LogP contribution in [0.4, 0.5) is 0 Å². The lowest BCUT2D eigenvalue weighted by Gasteiger charge is -1.89. The average molecular weight is 178 g/mol. The third kappa shape index (κ3) is 2.99. The van der Waals surface area contributed by atoms with Gasteiger partial charge in [0.15, 0.2) is 0 Å². The second-order valence-electron chi connectivity index (χ2n) is 2.35. The Balaban J connectivity index is 2.62. The summed E-state index contributed by atoms with van der Waals surface area (Å²) in [6.45, 7) is 3.89. The summed E-state index contributed by atoms with van der Waals surface area (Å²) in [4.78, 5) is 17.6. The number of rotatable bonds is 1. The van der Waals surface area contributed by atoms with Gasteiger partial charge in [0.2, 0.25) is 0 Å².